The maximum absolute atomic E-state index is 9.65. The van der Waals surface area contributed by atoms with Crippen LogP contribution in [-0.4, -0.2) is 39.9 Å². The lowest BCUT2D eigenvalue weighted by molar-refractivity contribution is -0.139. The highest BCUT2D eigenvalue weighted by molar-refractivity contribution is 5.84. The summed E-state index contributed by atoms with van der Waals surface area (Å²) in [6, 6.07) is -1.13. The van der Waals surface area contributed by atoms with Gasteiger partial charge in [-0.25, -0.2) is 4.79 Å². The van der Waals surface area contributed by atoms with Gasteiger partial charge >= 0.3 is 11.9 Å². The minimum Gasteiger partial charge on any atom is -0.480 e. The van der Waals surface area contributed by atoms with E-state index in [0.717, 1.165) is 0 Å². The molecule has 0 aromatic heterocycles. The van der Waals surface area contributed by atoms with Crippen molar-refractivity contribution in [1.29, 1.82) is 0 Å². The van der Waals surface area contributed by atoms with Crippen molar-refractivity contribution in [3.05, 3.63) is 12.2 Å². The molecule has 0 radical (unpaired) electrons. The van der Waals surface area contributed by atoms with Crippen molar-refractivity contribution >= 4 is 11.9 Å². The van der Waals surface area contributed by atoms with E-state index >= 15 is 0 Å². The third kappa shape index (κ3) is 10.6. The van der Waals surface area contributed by atoms with E-state index in [2.05, 4.69) is 6.58 Å². The first-order chi connectivity index (χ1) is 5.82. The van der Waals surface area contributed by atoms with Gasteiger partial charge in [-0.1, -0.05) is 6.58 Å². The minimum atomic E-state index is -1.18. The van der Waals surface area contributed by atoms with Gasteiger partial charge in [0.05, 0.1) is 6.61 Å². The lowest BCUT2D eigenvalue weighted by Crippen LogP contribution is -2.33. The smallest absolute Gasteiger partial charge is 0.330 e. The van der Waals surface area contributed by atoms with Crippen molar-refractivity contribution in [3.8, 4) is 0 Å². The monoisotopic (exact) mass is 191 g/mol. The van der Waals surface area contributed by atoms with Crippen LogP contribution >= 0.6 is 0 Å². The zero-order valence-corrected chi connectivity index (χ0v) is 7.23. The molecule has 0 saturated carbocycles. The number of hydrogen-bond donors (Lipinski definition) is 4. The topological polar surface area (TPSA) is 121 Å². The minimum absolute atomic E-state index is 0.176. The molecular weight excluding hydrogens is 178 g/mol. The Morgan fingerprint density at radius 1 is 1.46 bits per heavy atom. The second-order valence-corrected chi connectivity index (χ2v) is 2.21. The second-order valence-electron chi connectivity index (χ2n) is 2.21. The zero-order valence-electron chi connectivity index (χ0n) is 7.23. The van der Waals surface area contributed by atoms with Crippen LogP contribution in [0, 0.1) is 0 Å². The third-order valence-electron chi connectivity index (χ3n) is 0.879. The number of aliphatic carboxylic acids is 2. The van der Waals surface area contributed by atoms with E-state index in [1.807, 2.05) is 0 Å². The summed E-state index contributed by atoms with van der Waals surface area (Å²) in [5, 5.41) is 23.8. The summed E-state index contributed by atoms with van der Waals surface area (Å²) in [7, 11) is 0. The zero-order chi connectivity index (χ0) is 11.0. The molecule has 0 spiro atoms. The SMILES string of the molecule is C=C(C)C(=O)O.NC(CO)C(=O)O. The average Bonchev–Trinajstić information content (AvgIpc) is 2.03. The van der Waals surface area contributed by atoms with E-state index in [-0.39, 0.29) is 5.57 Å². The van der Waals surface area contributed by atoms with E-state index < -0.39 is 24.6 Å². The molecule has 0 saturated heterocycles. The first-order valence-electron chi connectivity index (χ1n) is 3.31. The molecular formula is C7H13NO5. The van der Waals surface area contributed by atoms with Crippen molar-refractivity contribution in [2.45, 2.75) is 13.0 Å². The Morgan fingerprint density at radius 2 is 1.77 bits per heavy atom. The van der Waals surface area contributed by atoms with E-state index in [4.69, 9.17) is 21.1 Å². The third-order valence-corrected chi connectivity index (χ3v) is 0.879. The molecule has 76 valence electrons. The van der Waals surface area contributed by atoms with Gasteiger partial charge in [-0.05, 0) is 6.92 Å². The Bertz CT molecular complexity index is 189. The number of rotatable bonds is 3. The summed E-state index contributed by atoms with van der Waals surface area (Å²) >= 11 is 0. The summed E-state index contributed by atoms with van der Waals surface area (Å²) in [5.74, 6) is -2.11. The van der Waals surface area contributed by atoms with E-state index in [9.17, 15) is 9.59 Å². The molecule has 0 bridgehead atoms. The number of nitrogens with two attached hydrogens (primary N) is 1. The molecule has 1 unspecified atom stereocenters. The van der Waals surface area contributed by atoms with E-state index in [0.29, 0.717) is 0 Å². The molecule has 0 amide bonds. The number of carboxylic acid groups (broad SMARTS) is 2. The number of aliphatic hydroxyl groups is 1. The van der Waals surface area contributed by atoms with Crippen molar-refractivity contribution in [2.75, 3.05) is 6.61 Å². The predicted molar refractivity (Wildman–Crippen MR) is 45.1 cm³/mol. The summed E-state index contributed by atoms with van der Waals surface area (Å²) < 4.78 is 0. The summed E-state index contributed by atoms with van der Waals surface area (Å²) in [4.78, 5) is 19.2. The quantitative estimate of drug-likeness (QED) is 0.426. The number of aliphatic hydroxyl groups excluding tert-OH is 1. The molecule has 0 heterocycles. The van der Waals surface area contributed by atoms with Gasteiger partial charge in [-0.15, -0.1) is 0 Å². The Labute approximate surface area is 75.3 Å². The lowest BCUT2D eigenvalue weighted by atomic mass is 10.3. The normalized spacial score (nSPS) is 10.7. The van der Waals surface area contributed by atoms with Crippen molar-refractivity contribution in [2.24, 2.45) is 5.73 Å². The average molecular weight is 191 g/mol. The van der Waals surface area contributed by atoms with Crippen LogP contribution in [0.4, 0.5) is 0 Å². The van der Waals surface area contributed by atoms with Crippen LogP contribution in [0.25, 0.3) is 0 Å². The largest absolute Gasteiger partial charge is 0.480 e. The maximum Gasteiger partial charge on any atom is 0.330 e. The van der Waals surface area contributed by atoms with Crippen molar-refractivity contribution in [1.82, 2.24) is 0 Å². The number of carboxylic acids is 2. The van der Waals surface area contributed by atoms with Gasteiger partial charge in [-0.3, -0.25) is 4.79 Å². The number of hydrogen-bond acceptors (Lipinski definition) is 4. The molecule has 0 aliphatic carbocycles. The highest BCUT2D eigenvalue weighted by Crippen LogP contribution is 1.81. The van der Waals surface area contributed by atoms with Gasteiger partial charge in [0.25, 0.3) is 0 Å². The molecule has 0 fully saturated rings. The van der Waals surface area contributed by atoms with Gasteiger partial charge < -0.3 is 21.1 Å². The van der Waals surface area contributed by atoms with Crippen LogP contribution in [0.2, 0.25) is 0 Å². The van der Waals surface area contributed by atoms with Gasteiger partial charge in [0.1, 0.15) is 6.04 Å². The predicted octanol–water partition coefficient (Wildman–Crippen LogP) is -0.962. The Hall–Kier alpha value is -1.40. The molecule has 0 aliphatic rings. The maximum atomic E-state index is 9.65. The fraction of sp³-hybridized carbons (Fsp3) is 0.429. The first kappa shape index (κ1) is 14.1. The molecule has 6 heteroatoms. The van der Waals surface area contributed by atoms with Gasteiger partial charge in [0, 0.05) is 5.57 Å². The van der Waals surface area contributed by atoms with Crippen LogP contribution in [0.15, 0.2) is 12.2 Å². The van der Waals surface area contributed by atoms with Crippen LogP contribution in [-0.2, 0) is 9.59 Å². The Balaban J connectivity index is 0. The van der Waals surface area contributed by atoms with Crippen molar-refractivity contribution < 1.29 is 24.9 Å². The summed E-state index contributed by atoms with van der Waals surface area (Å²) in [5.41, 5.74) is 4.94. The summed E-state index contributed by atoms with van der Waals surface area (Å²) in [6.45, 7) is 4.10. The van der Waals surface area contributed by atoms with E-state index in [1.165, 1.54) is 6.92 Å². The van der Waals surface area contributed by atoms with Crippen molar-refractivity contribution in [3.63, 3.8) is 0 Å². The Kier molecular flexibility index (Phi) is 7.90. The first-order valence-corrected chi connectivity index (χ1v) is 3.31. The molecule has 1 atom stereocenters. The highest BCUT2D eigenvalue weighted by atomic mass is 16.4. The van der Waals surface area contributed by atoms with Gasteiger partial charge in [0.15, 0.2) is 0 Å². The molecule has 13 heavy (non-hydrogen) atoms. The highest BCUT2D eigenvalue weighted by Gasteiger charge is 2.06. The standard InChI is InChI=1S/C4H6O2.C3H7NO3/c1-3(2)4(5)6;4-2(1-5)3(6)7/h1H2,2H3,(H,5,6);2,5H,1,4H2,(H,6,7). The molecule has 0 aromatic carbocycles. The van der Waals surface area contributed by atoms with Gasteiger partial charge in [-0.2, -0.15) is 0 Å². The molecule has 0 aliphatic heterocycles. The van der Waals surface area contributed by atoms with Crippen LogP contribution in [0.3, 0.4) is 0 Å². The van der Waals surface area contributed by atoms with Crippen LogP contribution in [0.1, 0.15) is 6.92 Å². The fourth-order valence-electron chi connectivity index (χ4n) is 0.0781. The molecule has 6 nitrogen and oxygen atoms in total. The van der Waals surface area contributed by atoms with Crippen LogP contribution in [0.5, 0.6) is 0 Å². The molecule has 5 N–H and O–H groups in total. The fourth-order valence-corrected chi connectivity index (χ4v) is 0.0781. The summed E-state index contributed by atoms with van der Waals surface area (Å²) in [6.07, 6.45) is 0. The van der Waals surface area contributed by atoms with Crippen LogP contribution < -0.4 is 5.73 Å². The lowest BCUT2D eigenvalue weighted by Gasteiger charge is -1.96. The van der Waals surface area contributed by atoms with E-state index in [1.54, 1.807) is 0 Å². The second kappa shape index (κ2) is 7.26. The Morgan fingerprint density at radius 3 is 1.77 bits per heavy atom. The number of carbonyl (C=O) groups is 2. The molecule has 0 rings (SSSR count). The van der Waals surface area contributed by atoms with Gasteiger partial charge in [0.2, 0.25) is 0 Å². The molecule has 0 aromatic rings.